The Kier molecular flexibility index (Phi) is 5.13. The van der Waals surface area contributed by atoms with E-state index in [0.29, 0.717) is 18.7 Å². The zero-order chi connectivity index (χ0) is 13.5. The molecule has 7 N–H and O–H groups in total. The van der Waals surface area contributed by atoms with Crippen LogP contribution in [0, 0.1) is 0 Å². The standard InChI is InChI=1S/C12H18N4O2/c13-9-3-1-8(2-4-9)5-6-16-12(18)10(14)7-11(15)17/h1-4,10H,5-7,13-14H2,(H2,15,17)(H,16,18)/t10-/m0/s1. The number of amides is 2. The van der Waals surface area contributed by atoms with E-state index < -0.39 is 11.9 Å². The highest BCUT2D eigenvalue weighted by Crippen LogP contribution is 2.05. The zero-order valence-electron chi connectivity index (χ0n) is 10.1. The fourth-order valence-electron chi connectivity index (χ4n) is 1.45. The third kappa shape index (κ3) is 4.84. The summed E-state index contributed by atoms with van der Waals surface area (Å²) in [4.78, 5) is 22.1. The van der Waals surface area contributed by atoms with E-state index in [2.05, 4.69) is 5.32 Å². The summed E-state index contributed by atoms with van der Waals surface area (Å²) < 4.78 is 0. The predicted octanol–water partition coefficient (Wildman–Crippen LogP) is -0.870. The Morgan fingerprint density at radius 2 is 1.83 bits per heavy atom. The fraction of sp³-hybridized carbons (Fsp3) is 0.333. The summed E-state index contributed by atoms with van der Waals surface area (Å²) in [7, 11) is 0. The van der Waals surface area contributed by atoms with E-state index in [9.17, 15) is 9.59 Å². The number of rotatable bonds is 6. The second-order valence-electron chi connectivity index (χ2n) is 4.06. The molecule has 98 valence electrons. The summed E-state index contributed by atoms with van der Waals surface area (Å²) in [6.45, 7) is 0.454. The molecule has 0 aliphatic heterocycles. The Bertz CT molecular complexity index is 417. The van der Waals surface area contributed by atoms with Crippen LogP contribution in [0.4, 0.5) is 5.69 Å². The van der Waals surface area contributed by atoms with Crippen LogP contribution in [0.25, 0.3) is 0 Å². The summed E-state index contributed by atoms with van der Waals surface area (Å²) in [5.74, 6) is -0.958. The van der Waals surface area contributed by atoms with Crippen LogP contribution in [-0.4, -0.2) is 24.4 Å². The lowest BCUT2D eigenvalue weighted by atomic mass is 10.1. The number of anilines is 1. The first-order valence-electron chi connectivity index (χ1n) is 5.65. The molecule has 1 rings (SSSR count). The Morgan fingerprint density at radius 3 is 2.39 bits per heavy atom. The number of primary amides is 1. The highest BCUT2D eigenvalue weighted by molar-refractivity contribution is 5.87. The van der Waals surface area contributed by atoms with Crippen molar-refractivity contribution in [3.05, 3.63) is 29.8 Å². The summed E-state index contributed by atoms with van der Waals surface area (Å²) in [5.41, 5.74) is 17.8. The van der Waals surface area contributed by atoms with Gasteiger partial charge in [0.05, 0.1) is 12.5 Å². The maximum absolute atomic E-state index is 11.5. The van der Waals surface area contributed by atoms with Gasteiger partial charge in [-0.1, -0.05) is 12.1 Å². The minimum atomic E-state index is -0.881. The first-order chi connectivity index (χ1) is 8.49. The molecule has 0 heterocycles. The van der Waals surface area contributed by atoms with Crippen LogP contribution in [0.3, 0.4) is 0 Å². The van der Waals surface area contributed by atoms with Crippen LogP contribution in [-0.2, 0) is 16.0 Å². The Labute approximate surface area is 106 Å². The van der Waals surface area contributed by atoms with E-state index in [1.165, 1.54) is 0 Å². The number of nitrogen functional groups attached to an aromatic ring is 1. The number of carbonyl (C=O) groups is 2. The third-order valence-corrected chi connectivity index (χ3v) is 2.45. The van der Waals surface area contributed by atoms with Gasteiger partial charge in [-0.25, -0.2) is 0 Å². The molecule has 1 aromatic carbocycles. The van der Waals surface area contributed by atoms with E-state index in [4.69, 9.17) is 17.2 Å². The fourth-order valence-corrected chi connectivity index (χ4v) is 1.45. The molecule has 18 heavy (non-hydrogen) atoms. The van der Waals surface area contributed by atoms with Crippen LogP contribution >= 0.6 is 0 Å². The first-order valence-corrected chi connectivity index (χ1v) is 5.65. The van der Waals surface area contributed by atoms with Crippen molar-refractivity contribution >= 4 is 17.5 Å². The van der Waals surface area contributed by atoms with Gasteiger partial charge in [-0.3, -0.25) is 9.59 Å². The summed E-state index contributed by atoms with van der Waals surface area (Å²) in [6, 6.07) is 6.51. The topological polar surface area (TPSA) is 124 Å². The number of nitrogens with two attached hydrogens (primary N) is 3. The van der Waals surface area contributed by atoms with Crippen LogP contribution in [0.5, 0.6) is 0 Å². The number of benzene rings is 1. The van der Waals surface area contributed by atoms with Crippen molar-refractivity contribution in [1.82, 2.24) is 5.32 Å². The second-order valence-corrected chi connectivity index (χ2v) is 4.06. The lowest BCUT2D eigenvalue weighted by molar-refractivity contribution is -0.126. The summed E-state index contributed by atoms with van der Waals surface area (Å²) >= 11 is 0. The van der Waals surface area contributed by atoms with Gasteiger partial charge in [-0.05, 0) is 24.1 Å². The lowest BCUT2D eigenvalue weighted by Gasteiger charge is -2.10. The lowest BCUT2D eigenvalue weighted by Crippen LogP contribution is -2.43. The molecule has 0 fully saturated rings. The Morgan fingerprint density at radius 1 is 1.22 bits per heavy atom. The van der Waals surface area contributed by atoms with Gasteiger partial charge in [0.25, 0.3) is 0 Å². The molecule has 0 unspecified atom stereocenters. The molecule has 0 saturated carbocycles. The minimum absolute atomic E-state index is 0.145. The zero-order valence-corrected chi connectivity index (χ0v) is 10.1. The molecule has 0 aliphatic rings. The predicted molar refractivity (Wildman–Crippen MR) is 69.4 cm³/mol. The molecule has 0 aromatic heterocycles. The molecule has 0 aliphatic carbocycles. The molecule has 2 amide bonds. The SMILES string of the molecule is NC(=O)C[C@H](N)C(=O)NCCc1ccc(N)cc1. The van der Waals surface area contributed by atoms with E-state index in [1.807, 2.05) is 12.1 Å². The highest BCUT2D eigenvalue weighted by atomic mass is 16.2. The molecule has 0 saturated heterocycles. The van der Waals surface area contributed by atoms with Crippen molar-refractivity contribution in [2.75, 3.05) is 12.3 Å². The van der Waals surface area contributed by atoms with E-state index in [1.54, 1.807) is 12.1 Å². The number of carbonyl (C=O) groups excluding carboxylic acids is 2. The van der Waals surface area contributed by atoms with Crippen LogP contribution in [0.2, 0.25) is 0 Å². The van der Waals surface area contributed by atoms with Crippen molar-refractivity contribution in [3.63, 3.8) is 0 Å². The number of hydrogen-bond acceptors (Lipinski definition) is 4. The van der Waals surface area contributed by atoms with Crippen LogP contribution < -0.4 is 22.5 Å². The maximum atomic E-state index is 11.5. The molecule has 0 bridgehead atoms. The van der Waals surface area contributed by atoms with Crippen molar-refractivity contribution in [3.8, 4) is 0 Å². The van der Waals surface area contributed by atoms with Gasteiger partial charge >= 0.3 is 0 Å². The molecule has 0 radical (unpaired) electrons. The number of hydrogen-bond donors (Lipinski definition) is 4. The molecule has 1 aromatic rings. The first kappa shape index (κ1) is 14.0. The van der Waals surface area contributed by atoms with Crippen LogP contribution in [0.15, 0.2) is 24.3 Å². The van der Waals surface area contributed by atoms with Crippen molar-refractivity contribution < 1.29 is 9.59 Å². The minimum Gasteiger partial charge on any atom is -0.399 e. The van der Waals surface area contributed by atoms with Crippen molar-refractivity contribution in [2.45, 2.75) is 18.9 Å². The quantitative estimate of drug-likeness (QED) is 0.490. The van der Waals surface area contributed by atoms with E-state index >= 15 is 0 Å². The third-order valence-electron chi connectivity index (χ3n) is 2.45. The Balaban J connectivity index is 2.31. The van der Waals surface area contributed by atoms with Gasteiger partial charge in [0.2, 0.25) is 11.8 Å². The summed E-state index contributed by atoms with van der Waals surface area (Å²) in [5, 5.41) is 2.65. The van der Waals surface area contributed by atoms with Crippen molar-refractivity contribution in [2.24, 2.45) is 11.5 Å². The average molecular weight is 250 g/mol. The van der Waals surface area contributed by atoms with Gasteiger partial charge in [0.15, 0.2) is 0 Å². The van der Waals surface area contributed by atoms with E-state index in [0.717, 1.165) is 5.56 Å². The van der Waals surface area contributed by atoms with Gasteiger partial charge in [0, 0.05) is 12.2 Å². The molecular formula is C12H18N4O2. The molecule has 6 heteroatoms. The summed E-state index contributed by atoms with van der Waals surface area (Å²) in [6.07, 6.45) is 0.531. The largest absolute Gasteiger partial charge is 0.399 e. The maximum Gasteiger partial charge on any atom is 0.237 e. The molecular weight excluding hydrogens is 232 g/mol. The van der Waals surface area contributed by atoms with Gasteiger partial charge in [-0.2, -0.15) is 0 Å². The van der Waals surface area contributed by atoms with Gasteiger partial charge in [-0.15, -0.1) is 0 Å². The van der Waals surface area contributed by atoms with Gasteiger partial charge < -0.3 is 22.5 Å². The van der Waals surface area contributed by atoms with Gasteiger partial charge in [0.1, 0.15) is 0 Å². The average Bonchev–Trinajstić information content (AvgIpc) is 2.30. The molecule has 0 spiro atoms. The van der Waals surface area contributed by atoms with Crippen LogP contribution in [0.1, 0.15) is 12.0 Å². The molecule has 6 nitrogen and oxygen atoms in total. The smallest absolute Gasteiger partial charge is 0.237 e. The molecule has 1 atom stereocenters. The van der Waals surface area contributed by atoms with E-state index in [-0.39, 0.29) is 12.3 Å². The highest BCUT2D eigenvalue weighted by Gasteiger charge is 2.14. The van der Waals surface area contributed by atoms with Crippen molar-refractivity contribution in [1.29, 1.82) is 0 Å². The second kappa shape index (κ2) is 6.61. The normalized spacial score (nSPS) is 11.8. The number of nitrogens with one attached hydrogen (secondary N) is 1. The monoisotopic (exact) mass is 250 g/mol. The Hall–Kier alpha value is -2.08.